The van der Waals surface area contributed by atoms with Crippen molar-refractivity contribution >= 4 is 0 Å². The molecule has 0 aromatic heterocycles. The van der Waals surface area contributed by atoms with Gasteiger partial charge in [-0.05, 0) is 10.8 Å². The van der Waals surface area contributed by atoms with Crippen molar-refractivity contribution in [3.05, 3.63) is 0 Å². The maximum absolute atomic E-state index is 5.19. The highest BCUT2D eigenvalue weighted by molar-refractivity contribution is 4.85. The average molecular weight is 201 g/mol. The molecule has 0 amide bonds. The first-order chi connectivity index (χ1) is 6.21. The van der Waals surface area contributed by atoms with E-state index in [1.165, 1.54) is 0 Å². The number of hydrogen-bond donors (Lipinski definition) is 3. The van der Waals surface area contributed by atoms with Crippen LogP contribution in [-0.4, -0.2) is 12.3 Å². The van der Waals surface area contributed by atoms with Crippen molar-refractivity contribution in [1.29, 1.82) is 0 Å². The normalized spacial score (nSPS) is 30.4. The highest BCUT2D eigenvalue weighted by Crippen LogP contribution is 2.24. The van der Waals surface area contributed by atoms with Crippen molar-refractivity contribution in [3.63, 3.8) is 0 Å². The molecule has 14 heavy (non-hydrogen) atoms. The Morgan fingerprint density at radius 2 is 1.14 bits per heavy atom. The monoisotopic (exact) mass is 201 g/mol. The van der Waals surface area contributed by atoms with Crippen molar-refractivity contribution < 1.29 is 4.94 Å². The third-order valence-corrected chi connectivity index (χ3v) is 2.42. The summed E-state index contributed by atoms with van der Waals surface area (Å²) in [7, 11) is 0. The van der Waals surface area contributed by atoms with Crippen molar-refractivity contribution in [2.45, 2.75) is 53.9 Å². The van der Waals surface area contributed by atoms with Crippen molar-refractivity contribution in [1.82, 2.24) is 16.3 Å². The summed E-state index contributed by atoms with van der Waals surface area (Å²) in [4.78, 5) is 5.19. The van der Waals surface area contributed by atoms with Gasteiger partial charge in [-0.3, -0.25) is 5.32 Å². The number of nitrogens with one attached hydrogen (secondary N) is 3. The molecule has 2 atom stereocenters. The topological polar surface area (TPSA) is 45.3 Å². The van der Waals surface area contributed by atoms with Crippen LogP contribution in [0.1, 0.15) is 41.5 Å². The number of rotatable bonds is 0. The van der Waals surface area contributed by atoms with Gasteiger partial charge < -0.3 is 0 Å². The van der Waals surface area contributed by atoms with E-state index in [2.05, 4.69) is 57.8 Å². The summed E-state index contributed by atoms with van der Waals surface area (Å²) in [5.74, 6) is 0. The van der Waals surface area contributed by atoms with Gasteiger partial charge in [0.1, 0.15) is 0 Å². The van der Waals surface area contributed by atoms with Crippen LogP contribution >= 0.6 is 0 Å². The van der Waals surface area contributed by atoms with E-state index in [-0.39, 0.29) is 23.2 Å². The van der Waals surface area contributed by atoms with Crippen LogP contribution in [0.5, 0.6) is 0 Å². The van der Waals surface area contributed by atoms with Gasteiger partial charge in [-0.25, -0.2) is 4.94 Å². The van der Waals surface area contributed by atoms with E-state index in [9.17, 15) is 0 Å². The van der Waals surface area contributed by atoms with E-state index in [1.807, 2.05) is 0 Å². The second-order valence-electron chi connectivity index (χ2n) is 6.10. The summed E-state index contributed by atoms with van der Waals surface area (Å²) >= 11 is 0. The molecule has 1 aliphatic heterocycles. The first-order valence-corrected chi connectivity index (χ1v) is 5.14. The van der Waals surface area contributed by atoms with E-state index in [0.29, 0.717) is 0 Å². The highest BCUT2D eigenvalue weighted by atomic mass is 16.8. The molecule has 0 aliphatic carbocycles. The Labute approximate surface area is 86.7 Å². The van der Waals surface area contributed by atoms with Gasteiger partial charge in [-0.2, -0.15) is 11.0 Å². The van der Waals surface area contributed by atoms with E-state index < -0.39 is 0 Å². The molecular formula is C10H23N3O. The summed E-state index contributed by atoms with van der Waals surface area (Å²) < 4.78 is 0. The third kappa shape index (κ3) is 2.92. The molecule has 2 unspecified atom stereocenters. The second kappa shape index (κ2) is 3.77. The van der Waals surface area contributed by atoms with Gasteiger partial charge in [0.15, 0.2) is 0 Å². The lowest BCUT2D eigenvalue weighted by Gasteiger charge is -2.43. The van der Waals surface area contributed by atoms with Gasteiger partial charge in [-0.1, -0.05) is 41.5 Å². The van der Waals surface area contributed by atoms with E-state index >= 15 is 0 Å². The molecule has 0 spiro atoms. The van der Waals surface area contributed by atoms with Crippen LogP contribution in [0.2, 0.25) is 0 Å². The first-order valence-electron chi connectivity index (χ1n) is 5.14. The Bertz CT molecular complexity index is 173. The Balaban J connectivity index is 2.61. The molecule has 0 bridgehead atoms. The zero-order chi connectivity index (χ0) is 11.0. The van der Waals surface area contributed by atoms with Crippen LogP contribution in [0.3, 0.4) is 0 Å². The minimum atomic E-state index is 0.131. The standard InChI is InChI=1S/C10H23N3O/c1-9(2,3)7-11-8(10(4,5)6)13-14-12-7/h7-8,11-13H,1-6H3. The Morgan fingerprint density at radius 3 is 1.43 bits per heavy atom. The fraction of sp³-hybridized carbons (Fsp3) is 1.00. The van der Waals surface area contributed by atoms with Gasteiger partial charge in [0.25, 0.3) is 0 Å². The molecule has 1 heterocycles. The second-order valence-corrected chi connectivity index (χ2v) is 6.10. The molecule has 0 saturated carbocycles. The average Bonchev–Trinajstić information content (AvgIpc) is 2.01. The van der Waals surface area contributed by atoms with Crippen LogP contribution in [0.4, 0.5) is 0 Å². The third-order valence-electron chi connectivity index (χ3n) is 2.42. The molecule has 3 N–H and O–H groups in total. The Morgan fingerprint density at radius 1 is 0.786 bits per heavy atom. The molecule has 4 heteroatoms. The highest BCUT2D eigenvalue weighted by Gasteiger charge is 2.35. The summed E-state index contributed by atoms with van der Waals surface area (Å²) in [6, 6.07) is 0. The summed E-state index contributed by atoms with van der Waals surface area (Å²) in [6.07, 6.45) is 0.320. The quantitative estimate of drug-likeness (QED) is 0.554. The predicted molar refractivity (Wildman–Crippen MR) is 57.0 cm³/mol. The number of hydrogen-bond acceptors (Lipinski definition) is 4. The van der Waals surface area contributed by atoms with Gasteiger partial charge in [0, 0.05) is 0 Å². The molecule has 84 valence electrons. The van der Waals surface area contributed by atoms with Gasteiger partial charge >= 0.3 is 0 Å². The van der Waals surface area contributed by atoms with Crippen molar-refractivity contribution in [2.24, 2.45) is 10.8 Å². The van der Waals surface area contributed by atoms with Crippen molar-refractivity contribution in [3.8, 4) is 0 Å². The molecule has 4 nitrogen and oxygen atoms in total. The molecule has 0 radical (unpaired) electrons. The molecule has 0 aromatic rings. The maximum atomic E-state index is 5.19. The molecule has 1 fully saturated rings. The smallest absolute Gasteiger partial charge is 0.0893 e. The van der Waals surface area contributed by atoms with E-state index in [0.717, 1.165) is 0 Å². The van der Waals surface area contributed by atoms with Crippen LogP contribution < -0.4 is 16.3 Å². The van der Waals surface area contributed by atoms with Gasteiger partial charge in [-0.15, -0.1) is 0 Å². The Kier molecular flexibility index (Phi) is 3.21. The van der Waals surface area contributed by atoms with Crippen LogP contribution in [-0.2, 0) is 4.94 Å². The summed E-state index contributed by atoms with van der Waals surface area (Å²) in [6.45, 7) is 13.0. The Hall–Kier alpha value is -0.160. The minimum Gasteiger partial charge on any atom is -0.282 e. The predicted octanol–water partition coefficient (Wildman–Crippen LogP) is 1.36. The first kappa shape index (κ1) is 11.9. The molecule has 1 aliphatic rings. The van der Waals surface area contributed by atoms with Crippen LogP contribution in [0.25, 0.3) is 0 Å². The fourth-order valence-electron chi connectivity index (χ4n) is 1.24. The minimum absolute atomic E-state index is 0.131. The van der Waals surface area contributed by atoms with E-state index in [1.54, 1.807) is 0 Å². The lowest BCUT2D eigenvalue weighted by molar-refractivity contribution is -0.163. The van der Waals surface area contributed by atoms with Crippen LogP contribution in [0, 0.1) is 10.8 Å². The molecular weight excluding hydrogens is 178 g/mol. The largest absolute Gasteiger partial charge is 0.282 e. The molecule has 0 aromatic carbocycles. The molecule has 1 rings (SSSR count). The van der Waals surface area contributed by atoms with E-state index in [4.69, 9.17) is 4.94 Å². The summed E-state index contributed by atoms with van der Waals surface area (Å²) in [5, 5.41) is 3.49. The lowest BCUT2D eigenvalue weighted by Crippen LogP contribution is -2.67. The maximum Gasteiger partial charge on any atom is 0.0893 e. The van der Waals surface area contributed by atoms with Gasteiger partial charge in [0.2, 0.25) is 0 Å². The zero-order valence-electron chi connectivity index (χ0n) is 10.1. The fourth-order valence-corrected chi connectivity index (χ4v) is 1.24. The van der Waals surface area contributed by atoms with Crippen LogP contribution in [0.15, 0.2) is 0 Å². The van der Waals surface area contributed by atoms with Gasteiger partial charge in [0.05, 0.1) is 12.3 Å². The van der Waals surface area contributed by atoms with Crippen molar-refractivity contribution in [2.75, 3.05) is 0 Å². The lowest BCUT2D eigenvalue weighted by atomic mass is 9.88. The number of hydroxylamine groups is 2. The zero-order valence-corrected chi connectivity index (χ0v) is 10.1. The summed E-state index contributed by atoms with van der Waals surface area (Å²) in [5.41, 5.74) is 6.14. The SMILES string of the molecule is CC(C)(C)C1NONC(C(C)(C)C)N1. The molecule has 1 saturated heterocycles.